The number of carbonyl (C=O) groups is 1. The molecule has 1 amide bonds. The Balaban J connectivity index is 1.31. The first-order chi connectivity index (χ1) is 20.2. The van der Waals surface area contributed by atoms with Crippen molar-refractivity contribution in [2.24, 2.45) is 17.8 Å². The molecule has 2 unspecified atom stereocenters. The number of hydrogen-bond donors (Lipinski definition) is 1. The third-order valence-corrected chi connectivity index (χ3v) is 12.5. The fraction of sp³-hybridized carbons (Fsp3) is 0.545. The fourth-order valence-electron chi connectivity index (χ4n) is 8.14. The Morgan fingerprint density at radius 1 is 1.17 bits per heavy atom. The van der Waals surface area contributed by atoms with Gasteiger partial charge in [0.25, 0.3) is 5.91 Å². The number of halogens is 1. The minimum Gasteiger partial charge on any atom is -0.490 e. The van der Waals surface area contributed by atoms with Gasteiger partial charge in [0.2, 0.25) is 10.0 Å². The van der Waals surface area contributed by atoms with Crippen molar-refractivity contribution < 1.29 is 22.7 Å². The van der Waals surface area contributed by atoms with Gasteiger partial charge in [0.1, 0.15) is 5.75 Å². The number of allylic oxidation sites excluding steroid dienone is 1. The number of carbonyl (C=O) groups excluding carboxylic acids is 1. The summed E-state index contributed by atoms with van der Waals surface area (Å²) in [5.74, 6) is 1.16. The second-order valence-corrected chi connectivity index (χ2v) is 15.7. The Labute approximate surface area is 253 Å². The summed E-state index contributed by atoms with van der Waals surface area (Å²) >= 11 is 6.41. The van der Waals surface area contributed by atoms with Gasteiger partial charge in [0.05, 0.1) is 23.6 Å². The van der Waals surface area contributed by atoms with Gasteiger partial charge in [-0.15, -0.1) is 0 Å². The van der Waals surface area contributed by atoms with Crippen LogP contribution in [-0.4, -0.2) is 52.5 Å². The first-order valence-electron chi connectivity index (χ1n) is 15.3. The molecular formula is C33H39ClN2O5S. The Kier molecular flexibility index (Phi) is 7.10. The van der Waals surface area contributed by atoms with Crippen LogP contribution in [0.4, 0.5) is 5.69 Å². The largest absolute Gasteiger partial charge is 0.490 e. The average molecular weight is 611 g/mol. The number of hydrogen-bond acceptors (Lipinski definition) is 6. The van der Waals surface area contributed by atoms with E-state index in [2.05, 4.69) is 27.8 Å². The summed E-state index contributed by atoms with van der Waals surface area (Å²) in [6, 6.07) is 11.6. The minimum atomic E-state index is -3.84. The van der Waals surface area contributed by atoms with Crippen LogP contribution in [0.5, 0.6) is 5.75 Å². The quantitative estimate of drug-likeness (QED) is 0.420. The van der Waals surface area contributed by atoms with E-state index in [4.69, 9.17) is 21.1 Å². The van der Waals surface area contributed by atoms with Crippen molar-refractivity contribution in [3.63, 3.8) is 0 Å². The summed E-state index contributed by atoms with van der Waals surface area (Å²) in [7, 11) is -2.04. The lowest BCUT2D eigenvalue weighted by Gasteiger charge is -2.48. The number of anilines is 1. The molecule has 4 bridgehead atoms. The molecule has 224 valence electrons. The summed E-state index contributed by atoms with van der Waals surface area (Å²) < 4.78 is 41.4. The molecule has 1 fully saturated rings. The number of amides is 1. The van der Waals surface area contributed by atoms with Crippen LogP contribution in [0.15, 0.2) is 48.0 Å². The van der Waals surface area contributed by atoms with Gasteiger partial charge >= 0.3 is 0 Å². The molecule has 7 nitrogen and oxygen atoms in total. The molecule has 3 aliphatic carbocycles. The fourth-order valence-corrected chi connectivity index (χ4v) is 9.41. The normalized spacial score (nSPS) is 33.5. The van der Waals surface area contributed by atoms with E-state index in [9.17, 15) is 13.2 Å². The maximum atomic E-state index is 13.3. The van der Waals surface area contributed by atoms with Gasteiger partial charge in [0, 0.05) is 36.2 Å². The third kappa shape index (κ3) is 4.83. The summed E-state index contributed by atoms with van der Waals surface area (Å²) in [6.07, 6.45) is 8.89. The molecule has 1 spiro atoms. The van der Waals surface area contributed by atoms with Crippen molar-refractivity contribution in [2.45, 2.75) is 68.6 Å². The van der Waals surface area contributed by atoms with Crippen LogP contribution < -0.4 is 14.4 Å². The second kappa shape index (κ2) is 10.6. The molecule has 0 saturated heterocycles. The summed E-state index contributed by atoms with van der Waals surface area (Å²) in [4.78, 5) is 15.8. The molecule has 2 aromatic carbocycles. The molecule has 6 aliphatic rings. The van der Waals surface area contributed by atoms with E-state index in [1.807, 2.05) is 18.2 Å². The van der Waals surface area contributed by atoms with Crippen LogP contribution in [-0.2, 0) is 26.6 Å². The Morgan fingerprint density at radius 3 is 2.76 bits per heavy atom. The lowest BCUT2D eigenvalue weighted by molar-refractivity contribution is 0.000415. The lowest BCUT2D eigenvalue weighted by Crippen LogP contribution is -2.50. The highest BCUT2D eigenvalue weighted by atomic mass is 35.5. The highest BCUT2D eigenvalue weighted by Gasteiger charge is 2.46. The Morgan fingerprint density at radius 2 is 2.00 bits per heavy atom. The molecule has 2 aromatic rings. The SMILES string of the molecule is CO[C@@H]1C2=CC(C2)CC(C)S(=O)(=O)NC(=O)c2ccc3c(c2)N(C[C@@H]2CC[C@H]21)C[C@@]1(CCCc2cc(Cl)ccc21)CO3. The van der Waals surface area contributed by atoms with Crippen molar-refractivity contribution in [1.82, 2.24) is 4.72 Å². The Hall–Kier alpha value is -2.55. The number of sulfonamides is 1. The first kappa shape index (κ1) is 28.2. The smallest absolute Gasteiger partial charge is 0.264 e. The standard InChI is InChI=1S/C33H39ClN2O5S/c1-20-12-21-13-25(14-21)31(40-2)27-8-5-24(27)17-36-18-33(11-3-4-22-15-26(34)7-9-28(22)33)19-41-30-10-6-23(16-29(30)36)32(37)35-42(20,38)39/h6-7,9-10,13,15-16,20-21,24,27,31H,3-5,8,11-12,14,17-19H2,1-2H3,(H,35,37)/t20?,21?,24-,27+,31+,33-/m0/s1. The van der Waals surface area contributed by atoms with E-state index < -0.39 is 21.2 Å². The number of ether oxygens (including phenoxy) is 2. The van der Waals surface area contributed by atoms with Gasteiger partial charge in [-0.25, -0.2) is 13.1 Å². The van der Waals surface area contributed by atoms with Gasteiger partial charge in [0.15, 0.2) is 0 Å². The van der Waals surface area contributed by atoms with E-state index in [1.165, 1.54) is 16.7 Å². The number of nitrogens with one attached hydrogen (secondary N) is 1. The number of fused-ring (bicyclic) bond motifs is 6. The van der Waals surface area contributed by atoms with Crippen molar-refractivity contribution in [2.75, 3.05) is 31.7 Å². The van der Waals surface area contributed by atoms with Crippen molar-refractivity contribution in [3.05, 3.63) is 69.8 Å². The van der Waals surface area contributed by atoms with E-state index in [0.717, 1.165) is 68.1 Å². The Bertz CT molecular complexity index is 1560. The average Bonchev–Trinajstić information content (AvgIpc) is 3.07. The molecule has 3 aliphatic heterocycles. The van der Waals surface area contributed by atoms with Crippen LogP contribution in [0.1, 0.15) is 66.9 Å². The second-order valence-electron chi connectivity index (χ2n) is 13.2. The van der Waals surface area contributed by atoms with Gasteiger partial charge in [-0.1, -0.05) is 23.7 Å². The van der Waals surface area contributed by atoms with E-state index in [0.29, 0.717) is 30.4 Å². The summed E-state index contributed by atoms with van der Waals surface area (Å²) in [5, 5.41) is 0.0685. The van der Waals surface area contributed by atoms with Crippen molar-refractivity contribution in [3.8, 4) is 5.75 Å². The van der Waals surface area contributed by atoms with Gasteiger partial charge < -0.3 is 14.4 Å². The van der Waals surface area contributed by atoms with Crippen LogP contribution in [0.2, 0.25) is 5.02 Å². The molecule has 3 heterocycles. The zero-order valence-corrected chi connectivity index (χ0v) is 25.8. The van der Waals surface area contributed by atoms with Crippen molar-refractivity contribution >= 4 is 33.2 Å². The highest BCUT2D eigenvalue weighted by molar-refractivity contribution is 7.90. The first-order valence-corrected chi connectivity index (χ1v) is 17.2. The number of nitrogens with zero attached hydrogens (tertiary/aromatic N) is 1. The topological polar surface area (TPSA) is 84.9 Å². The number of methoxy groups -OCH3 is 1. The molecule has 0 aromatic heterocycles. The molecule has 9 heteroatoms. The predicted octanol–water partition coefficient (Wildman–Crippen LogP) is 5.65. The number of aryl methyl sites for hydroxylation is 1. The van der Waals surface area contributed by atoms with E-state index >= 15 is 0 Å². The minimum absolute atomic E-state index is 0.0556. The predicted molar refractivity (Wildman–Crippen MR) is 164 cm³/mol. The summed E-state index contributed by atoms with van der Waals surface area (Å²) in [5.41, 5.74) is 4.81. The number of benzene rings is 2. The lowest BCUT2D eigenvalue weighted by atomic mass is 9.65. The molecule has 1 N–H and O–H groups in total. The molecule has 6 atom stereocenters. The van der Waals surface area contributed by atoms with Gasteiger partial charge in [-0.2, -0.15) is 0 Å². The maximum absolute atomic E-state index is 13.3. The van der Waals surface area contributed by atoms with Crippen LogP contribution in [0, 0.1) is 17.8 Å². The van der Waals surface area contributed by atoms with Crippen LogP contribution in [0.3, 0.4) is 0 Å². The highest BCUT2D eigenvalue weighted by Crippen LogP contribution is 2.49. The van der Waals surface area contributed by atoms with Crippen LogP contribution >= 0.6 is 11.6 Å². The van der Waals surface area contributed by atoms with E-state index in [1.54, 1.807) is 20.1 Å². The molecule has 8 rings (SSSR count). The van der Waals surface area contributed by atoms with Gasteiger partial charge in [-0.05, 0) is 117 Å². The number of rotatable bonds is 1. The maximum Gasteiger partial charge on any atom is 0.264 e. The zero-order valence-electron chi connectivity index (χ0n) is 24.3. The third-order valence-electron chi connectivity index (χ3n) is 10.6. The van der Waals surface area contributed by atoms with Crippen LogP contribution in [0.25, 0.3) is 0 Å². The van der Waals surface area contributed by atoms with E-state index in [-0.39, 0.29) is 17.4 Å². The molecule has 0 radical (unpaired) electrons. The van der Waals surface area contributed by atoms with Crippen molar-refractivity contribution in [1.29, 1.82) is 0 Å². The molecular weight excluding hydrogens is 572 g/mol. The van der Waals surface area contributed by atoms with Gasteiger partial charge in [-0.3, -0.25) is 4.79 Å². The molecule has 42 heavy (non-hydrogen) atoms. The molecule has 1 saturated carbocycles. The monoisotopic (exact) mass is 610 g/mol. The summed E-state index contributed by atoms with van der Waals surface area (Å²) in [6.45, 7) is 3.79. The zero-order chi connectivity index (χ0) is 29.2.